The maximum Gasteiger partial charge on any atom is 0.472 e. The Labute approximate surface area is 329 Å². The van der Waals surface area contributed by atoms with Crippen LogP contribution in [-0.2, 0) is 18.4 Å². The summed E-state index contributed by atoms with van der Waals surface area (Å²) in [4.78, 5) is 23.1. The highest BCUT2D eigenvalue weighted by atomic mass is 31.2. The molecule has 0 spiro atoms. The van der Waals surface area contributed by atoms with Crippen LogP contribution in [0.5, 0.6) is 0 Å². The summed E-state index contributed by atoms with van der Waals surface area (Å²) in [6, 6.07) is -0.760. The number of quaternary nitrogens is 1. The second-order valence-corrected chi connectivity index (χ2v) is 18.2. The lowest BCUT2D eigenvalue weighted by atomic mass is 10.0. The van der Waals surface area contributed by atoms with Gasteiger partial charge in [0, 0.05) is 6.42 Å². The zero-order chi connectivity index (χ0) is 39.3. The Hall–Kier alpha value is -0.760. The number of aliphatic hydroxyl groups excluding tert-OH is 1. The van der Waals surface area contributed by atoms with Gasteiger partial charge in [-0.25, -0.2) is 4.57 Å². The Morgan fingerprint density at radius 2 is 1.02 bits per heavy atom. The van der Waals surface area contributed by atoms with Gasteiger partial charge in [0.15, 0.2) is 0 Å². The predicted molar refractivity (Wildman–Crippen MR) is 226 cm³/mol. The number of nitrogens with zero attached hydrogens (tertiary/aromatic N) is 1. The number of hydrogen-bond donors (Lipinski definition) is 3. The second kappa shape index (κ2) is 36.9. The van der Waals surface area contributed by atoms with Crippen LogP contribution in [0.25, 0.3) is 0 Å². The van der Waals surface area contributed by atoms with Crippen LogP contribution in [-0.4, -0.2) is 73.4 Å². The first-order valence-electron chi connectivity index (χ1n) is 22.6. The molecule has 1 amide bonds. The van der Waals surface area contributed by atoms with Crippen molar-refractivity contribution in [2.75, 3.05) is 40.9 Å². The monoisotopic (exact) mass is 774 g/mol. The number of rotatable bonds is 41. The van der Waals surface area contributed by atoms with E-state index in [2.05, 4.69) is 31.3 Å². The van der Waals surface area contributed by atoms with Crippen molar-refractivity contribution in [2.24, 2.45) is 0 Å². The Morgan fingerprint density at radius 1 is 0.623 bits per heavy atom. The summed E-state index contributed by atoms with van der Waals surface area (Å²) < 4.78 is 23.6. The van der Waals surface area contributed by atoms with E-state index in [9.17, 15) is 19.4 Å². The highest BCUT2D eigenvalue weighted by Gasteiger charge is 2.28. The largest absolute Gasteiger partial charge is 0.472 e. The molecular weight excluding hydrogens is 683 g/mol. The van der Waals surface area contributed by atoms with Crippen molar-refractivity contribution in [3.05, 3.63) is 12.2 Å². The summed E-state index contributed by atoms with van der Waals surface area (Å²) in [7, 11) is 1.62. The first-order valence-corrected chi connectivity index (χ1v) is 24.0. The van der Waals surface area contributed by atoms with Gasteiger partial charge in [0.05, 0.1) is 39.9 Å². The number of unbranched alkanes of at least 4 members (excludes halogenated alkanes) is 26. The molecule has 3 N–H and O–H groups in total. The molecule has 0 rings (SSSR count). The molecule has 0 bridgehead atoms. The van der Waals surface area contributed by atoms with Gasteiger partial charge in [-0.05, 0) is 38.5 Å². The molecule has 0 aromatic heterocycles. The number of phosphoric ester groups is 1. The minimum absolute atomic E-state index is 0.0749. The minimum atomic E-state index is -4.31. The van der Waals surface area contributed by atoms with Crippen molar-refractivity contribution >= 4 is 13.7 Å². The minimum Gasteiger partial charge on any atom is -0.391 e. The van der Waals surface area contributed by atoms with E-state index in [0.717, 1.165) is 51.4 Å². The first-order chi connectivity index (χ1) is 25.5. The fraction of sp³-hybridized carbons (Fsp3) is 0.932. The summed E-state index contributed by atoms with van der Waals surface area (Å²) >= 11 is 0. The summed E-state index contributed by atoms with van der Waals surface area (Å²) in [5, 5.41) is 14.0. The van der Waals surface area contributed by atoms with Gasteiger partial charge < -0.3 is 19.8 Å². The number of likely N-dealkylation sites (N-methyl/N-ethyl adjacent to an activating group) is 1. The van der Waals surface area contributed by atoms with Crippen LogP contribution >= 0.6 is 7.82 Å². The maximum atomic E-state index is 12.9. The van der Waals surface area contributed by atoms with Crippen LogP contribution in [0.4, 0.5) is 0 Å². The van der Waals surface area contributed by atoms with Gasteiger partial charge in [-0.15, -0.1) is 0 Å². The fourth-order valence-corrected chi connectivity index (χ4v) is 7.36. The number of amides is 1. The second-order valence-electron chi connectivity index (χ2n) is 16.8. The van der Waals surface area contributed by atoms with Crippen molar-refractivity contribution < 1.29 is 32.9 Å². The predicted octanol–water partition coefficient (Wildman–Crippen LogP) is 12.4. The number of allylic oxidation sites excluding steroid dienone is 2. The first kappa shape index (κ1) is 52.2. The molecule has 0 aliphatic rings. The molecule has 53 heavy (non-hydrogen) atoms. The highest BCUT2D eigenvalue weighted by Crippen LogP contribution is 2.43. The normalized spacial score (nSPS) is 14.5. The molecule has 0 saturated heterocycles. The summed E-state index contributed by atoms with van der Waals surface area (Å²) in [6.45, 7) is 4.88. The standard InChI is InChI=1S/C44H89N2O6P/c1-6-8-10-12-14-16-18-20-22-24-25-27-29-31-33-35-37-43(47)42(41-52-53(49,50)51-40-39-46(3,4)5)45-44(48)38-36-34-32-30-28-26-23-21-19-17-15-13-11-9-7-2/h21,23,42-43,47H,6-20,22,24-41H2,1-5H3,(H-,45,48,49,50)/p+1/b23-21-. The van der Waals surface area contributed by atoms with E-state index in [1.165, 1.54) is 135 Å². The van der Waals surface area contributed by atoms with Crippen molar-refractivity contribution in [1.82, 2.24) is 5.32 Å². The third-order valence-corrected chi connectivity index (χ3v) is 11.2. The van der Waals surface area contributed by atoms with Gasteiger partial charge in [0.25, 0.3) is 0 Å². The van der Waals surface area contributed by atoms with E-state index in [1.807, 2.05) is 21.1 Å². The molecule has 0 fully saturated rings. The van der Waals surface area contributed by atoms with E-state index < -0.39 is 20.0 Å². The van der Waals surface area contributed by atoms with Crippen LogP contribution in [0, 0.1) is 0 Å². The molecule has 3 atom stereocenters. The smallest absolute Gasteiger partial charge is 0.391 e. The van der Waals surface area contributed by atoms with Crippen molar-refractivity contribution in [1.29, 1.82) is 0 Å². The molecule has 0 aliphatic heterocycles. The lowest BCUT2D eigenvalue weighted by Gasteiger charge is -2.26. The van der Waals surface area contributed by atoms with E-state index in [1.54, 1.807) is 0 Å². The van der Waals surface area contributed by atoms with Gasteiger partial charge in [0.1, 0.15) is 13.2 Å². The van der Waals surface area contributed by atoms with Gasteiger partial charge in [-0.1, -0.05) is 180 Å². The molecule has 3 unspecified atom stereocenters. The lowest BCUT2D eigenvalue weighted by Crippen LogP contribution is -2.46. The van der Waals surface area contributed by atoms with Gasteiger partial charge in [-0.2, -0.15) is 0 Å². The zero-order valence-electron chi connectivity index (χ0n) is 35.8. The van der Waals surface area contributed by atoms with E-state index in [-0.39, 0.29) is 19.1 Å². The van der Waals surface area contributed by atoms with Crippen LogP contribution < -0.4 is 5.32 Å². The molecular formula is C44H90N2O6P+. The Kier molecular flexibility index (Phi) is 36.3. The number of carbonyl (C=O) groups excluding carboxylic acids is 1. The number of aliphatic hydroxyl groups is 1. The van der Waals surface area contributed by atoms with Crippen LogP contribution in [0.3, 0.4) is 0 Å². The van der Waals surface area contributed by atoms with E-state index in [0.29, 0.717) is 23.9 Å². The lowest BCUT2D eigenvalue weighted by molar-refractivity contribution is -0.870. The third-order valence-electron chi connectivity index (χ3n) is 10.3. The third kappa shape index (κ3) is 39.3. The average molecular weight is 774 g/mol. The van der Waals surface area contributed by atoms with Gasteiger partial charge >= 0.3 is 7.82 Å². The Bertz CT molecular complexity index is 880. The van der Waals surface area contributed by atoms with Crippen LogP contribution in [0.2, 0.25) is 0 Å². The molecule has 0 aromatic carbocycles. The van der Waals surface area contributed by atoms with Gasteiger partial charge in [-0.3, -0.25) is 13.8 Å². The maximum absolute atomic E-state index is 12.9. The van der Waals surface area contributed by atoms with Crippen LogP contribution in [0.1, 0.15) is 213 Å². The fourth-order valence-electron chi connectivity index (χ4n) is 6.63. The summed E-state index contributed by atoms with van der Waals surface area (Å²) in [6.07, 6.45) is 40.9. The summed E-state index contributed by atoms with van der Waals surface area (Å²) in [5.74, 6) is -0.152. The quantitative estimate of drug-likeness (QED) is 0.0247. The highest BCUT2D eigenvalue weighted by molar-refractivity contribution is 7.47. The Morgan fingerprint density at radius 3 is 1.45 bits per heavy atom. The molecule has 9 heteroatoms. The zero-order valence-corrected chi connectivity index (χ0v) is 36.7. The van der Waals surface area contributed by atoms with Crippen molar-refractivity contribution in [2.45, 2.75) is 225 Å². The van der Waals surface area contributed by atoms with Gasteiger partial charge in [0.2, 0.25) is 5.91 Å². The number of nitrogens with one attached hydrogen (secondary N) is 1. The molecule has 0 radical (unpaired) electrons. The van der Waals surface area contributed by atoms with E-state index >= 15 is 0 Å². The Balaban J connectivity index is 4.36. The van der Waals surface area contributed by atoms with E-state index in [4.69, 9.17) is 9.05 Å². The molecule has 0 aromatic rings. The van der Waals surface area contributed by atoms with Crippen molar-refractivity contribution in [3.8, 4) is 0 Å². The average Bonchev–Trinajstić information content (AvgIpc) is 3.10. The number of phosphoric acid groups is 1. The van der Waals surface area contributed by atoms with Crippen molar-refractivity contribution in [3.63, 3.8) is 0 Å². The molecule has 8 nitrogen and oxygen atoms in total. The summed E-state index contributed by atoms with van der Waals surface area (Å²) in [5.41, 5.74) is 0. The molecule has 0 aliphatic carbocycles. The number of carbonyl (C=O) groups is 1. The molecule has 0 saturated carbocycles. The molecule has 316 valence electrons. The van der Waals surface area contributed by atoms with Crippen LogP contribution in [0.15, 0.2) is 12.2 Å². The molecule has 0 heterocycles. The SMILES string of the molecule is CCCCCCCC/C=C\CCCCCCCC(=O)NC(COP(=O)(O)OCC[N+](C)(C)C)C(O)CCCCCCCCCCCCCCCCCC. The number of hydrogen-bond acceptors (Lipinski definition) is 5. The topological polar surface area (TPSA) is 105 Å².